The van der Waals surface area contributed by atoms with E-state index in [9.17, 15) is 13.2 Å². The largest absolute Gasteiger partial charge is 0.503 e. The second-order valence-electron chi connectivity index (χ2n) is 1.38. The van der Waals surface area contributed by atoms with Gasteiger partial charge in [-0.25, -0.2) is 4.79 Å². The van der Waals surface area contributed by atoms with Gasteiger partial charge in [-0.15, -0.1) is 0 Å². The summed E-state index contributed by atoms with van der Waals surface area (Å²) in [6.07, 6.45) is -5.32. The van der Waals surface area contributed by atoms with Crippen molar-refractivity contribution >= 4 is 6.16 Å². The molecule has 0 spiro atoms. The number of hydrogen-bond acceptors (Lipinski definition) is 2. The maximum Gasteiger partial charge on any atom is 0.503 e. The van der Waals surface area contributed by atoms with Crippen molar-refractivity contribution in [1.29, 1.82) is 0 Å². The summed E-state index contributed by atoms with van der Waals surface area (Å²) in [5.41, 5.74) is 0. The quantitative estimate of drug-likeness (QED) is 0.649. The van der Waals surface area contributed by atoms with Crippen molar-refractivity contribution in [2.75, 3.05) is 6.61 Å². The Kier molecular flexibility index (Phi) is 6.96. The number of hydrogen-bond donors (Lipinski definition) is 2. The molecule has 0 rings (SSSR count). The van der Waals surface area contributed by atoms with Gasteiger partial charge in [0.2, 0.25) is 0 Å². The molecule has 0 aromatic rings. The van der Waals surface area contributed by atoms with Crippen LogP contribution in [0, 0.1) is 0 Å². The minimum atomic E-state index is -4.24. The van der Waals surface area contributed by atoms with E-state index in [-0.39, 0.29) is 0 Å². The zero-order valence-corrected chi connectivity index (χ0v) is 5.84. The third-order valence-electron chi connectivity index (χ3n) is 0.365. The molecule has 7 heteroatoms. The molecule has 0 aliphatic carbocycles. The molecule has 0 atom stereocenters. The Labute approximate surface area is 65.9 Å². The number of carboxylic acid groups (broad SMARTS) is 2. The number of ether oxygens (including phenoxy) is 1. The topological polar surface area (TPSA) is 66.8 Å². The second kappa shape index (κ2) is 6.32. The van der Waals surface area contributed by atoms with Crippen LogP contribution < -0.4 is 0 Å². The highest BCUT2D eigenvalue weighted by atomic mass is 19.4. The van der Waals surface area contributed by atoms with Crippen molar-refractivity contribution in [1.82, 2.24) is 0 Å². The minimum absolute atomic E-state index is 0.757. The van der Waals surface area contributed by atoms with Gasteiger partial charge in [0.15, 0.2) is 6.61 Å². The smallest absolute Gasteiger partial charge is 0.492 e. The van der Waals surface area contributed by atoms with Crippen LogP contribution in [-0.2, 0) is 4.74 Å². The Morgan fingerprint density at radius 1 is 1.50 bits per heavy atom. The summed E-state index contributed by atoms with van der Waals surface area (Å²) in [5.74, 6) is 0. The van der Waals surface area contributed by atoms with Crippen LogP contribution in [0.1, 0.15) is 0 Å². The highest BCUT2D eigenvalue weighted by molar-refractivity contribution is 5.53. The van der Waals surface area contributed by atoms with Crippen LogP contribution in [0.5, 0.6) is 0 Å². The van der Waals surface area contributed by atoms with Gasteiger partial charge in [-0.1, -0.05) is 6.58 Å². The molecule has 0 aromatic heterocycles. The van der Waals surface area contributed by atoms with E-state index < -0.39 is 18.9 Å². The molecule has 0 aliphatic rings. The molecule has 0 aromatic carbocycles. The zero-order valence-electron chi connectivity index (χ0n) is 5.84. The highest BCUT2D eigenvalue weighted by Gasteiger charge is 2.27. The first-order valence-corrected chi connectivity index (χ1v) is 2.50. The van der Waals surface area contributed by atoms with Crippen molar-refractivity contribution < 1.29 is 32.9 Å². The minimum Gasteiger partial charge on any atom is -0.492 e. The maximum absolute atomic E-state index is 11.1. The highest BCUT2D eigenvalue weighted by Crippen LogP contribution is 2.13. The molecule has 12 heavy (non-hydrogen) atoms. The van der Waals surface area contributed by atoms with Crippen molar-refractivity contribution in [3.05, 3.63) is 12.8 Å². The fourth-order valence-electron chi connectivity index (χ4n) is 0.153. The summed E-state index contributed by atoms with van der Waals surface area (Å²) < 4.78 is 37.0. The van der Waals surface area contributed by atoms with Gasteiger partial charge in [0.25, 0.3) is 0 Å². The Hall–Kier alpha value is -1.40. The number of carbonyl (C=O) groups is 1. The first-order valence-electron chi connectivity index (χ1n) is 2.50. The van der Waals surface area contributed by atoms with E-state index in [4.69, 9.17) is 15.0 Å². The molecular weight excluding hydrogens is 181 g/mol. The molecule has 2 N–H and O–H groups in total. The van der Waals surface area contributed by atoms with Gasteiger partial charge < -0.3 is 14.9 Å². The summed E-state index contributed by atoms with van der Waals surface area (Å²) in [7, 11) is 0. The summed E-state index contributed by atoms with van der Waals surface area (Å²) in [4.78, 5) is 8.56. The van der Waals surface area contributed by atoms with E-state index >= 15 is 0 Å². The predicted octanol–water partition coefficient (Wildman–Crippen LogP) is 1.93. The molecule has 0 fully saturated rings. The first kappa shape index (κ1) is 13.2. The van der Waals surface area contributed by atoms with Gasteiger partial charge in [0.1, 0.15) is 0 Å². The van der Waals surface area contributed by atoms with Crippen molar-refractivity contribution in [3.8, 4) is 0 Å². The van der Waals surface area contributed by atoms with Crippen LogP contribution in [0.15, 0.2) is 12.8 Å². The van der Waals surface area contributed by atoms with Gasteiger partial charge in [-0.05, 0) is 0 Å². The maximum atomic E-state index is 11.1. The molecule has 72 valence electrons. The monoisotopic (exact) mass is 188 g/mol. The standard InChI is InChI=1S/C4H5F3O.CH2O3/c1-2-8-3-4(5,6)7;2-1(3)4/h2H,1,3H2;(H2,2,3,4). The van der Waals surface area contributed by atoms with Gasteiger partial charge >= 0.3 is 12.3 Å². The lowest BCUT2D eigenvalue weighted by Crippen LogP contribution is -2.14. The Bertz CT molecular complexity index is 138. The second-order valence-corrected chi connectivity index (χ2v) is 1.38. The van der Waals surface area contributed by atoms with Crippen molar-refractivity contribution in [2.45, 2.75) is 6.18 Å². The van der Waals surface area contributed by atoms with Gasteiger partial charge in [0.05, 0.1) is 6.26 Å². The predicted molar refractivity (Wildman–Crippen MR) is 32.9 cm³/mol. The molecule has 0 saturated carbocycles. The Balaban J connectivity index is 0. The summed E-state index contributed by atoms with van der Waals surface area (Å²) in [6, 6.07) is 0. The van der Waals surface area contributed by atoms with Crippen LogP contribution in [0.4, 0.5) is 18.0 Å². The number of rotatable bonds is 2. The van der Waals surface area contributed by atoms with Crippen LogP contribution in [0.2, 0.25) is 0 Å². The van der Waals surface area contributed by atoms with E-state index in [1.165, 1.54) is 0 Å². The average Bonchev–Trinajstić information content (AvgIpc) is 1.80. The molecule has 0 aliphatic heterocycles. The zero-order chi connectivity index (χ0) is 10.2. The SMILES string of the molecule is C=COCC(F)(F)F.O=C(O)O. The number of halogens is 3. The first-order chi connectivity index (χ1) is 5.29. The molecule has 4 nitrogen and oxygen atoms in total. The molecular formula is C5H7F3O4. The van der Waals surface area contributed by atoms with Crippen LogP contribution in [-0.4, -0.2) is 29.2 Å². The lowest BCUT2D eigenvalue weighted by atomic mass is 10.7. The summed E-state index contributed by atoms with van der Waals surface area (Å²) in [6.45, 7) is 1.69. The molecule has 0 amide bonds. The Morgan fingerprint density at radius 3 is 1.92 bits per heavy atom. The van der Waals surface area contributed by atoms with E-state index in [2.05, 4.69) is 11.3 Å². The normalized spacial score (nSPS) is 9.25. The molecule has 0 saturated heterocycles. The lowest BCUT2D eigenvalue weighted by molar-refractivity contribution is -0.161. The van der Waals surface area contributed by atoms with E-state index in [1.54, 1.807) is 0 Å². The average molecular weight is 188 g/mol. The fourth-order valence-corrected chi connectivity index (χ4v) is 0.153. The lowest BCUT2D eigenvalue weighted by Gasteiger charge is -2.02. The van der Waals surface area contributed by atoms with Crippen LogP contribution >= 0.6 is 0 Å². The van der Waals surface area contributed by atoms with E-state index in [0.29, 0.717) is 0 Å². The van der Waals surface area contributed by atoms with E-state index in [1.807, 2.05) is 0 Å². The van der Waals surface area contributed by atoms with Gasteiger partial charge in [0, 0.05) is 0 Å². The number of alkyl halides is 3. The van der Waals surface area contributed by atoms with Gasteiger partial charge in [-0.2, -0.15) is 13.2 Å². The summed E-state index contributed by atoms with van der Waals surface area (Å²) in [5, 5.41) is 13.9. The van der Waals surface area contributed by atoms with Crippen molar-refractivity contribution in [3.63, 3.8) is 0 Å². The molecule has 0 radical (unpaired) electrons. The van der Waals surface area contributed by atoms with Crippen LogP contribution in [0.3, 0.4) is 0 Å². The van der Waals surface area contributed by atoms with E-state index in [0.717, 1.165) is 6.26 Å². The molecule has 0 bridgehead atoms. The third kappa shape index (κ3) is 38.3. The fraction of sp³-hybridized carbons (Fsp3) is 0.400. The third-order valence-corrected chi connectivity index (χ3v) is 0.365. The summed E-state index contributed by atoms with van der Waals surface area (Å²) >= 11 is 0. The van der Waals surface area contributed by atoms with Crippen molar-refractivity contribution in [2.24, 2.45) is 0 Å². The van der Waals surface area contributed by atoms with Crippen LogP contribution in [0.25, 0.3) is 0 Å². The van der Waals surface area contributed by atoms with Gasteiger partial charge in [-0.3, -0.25) is 0 Å². The Morgan fingerprint density at radius 2 is 1.83 bits per heavy atom. The molecule has 0 unspecified atom stereocenters. The molecule has 0 heterocycles.